The quantitative estimate of drug-likeness (QED) is 0.392. The van der Waals surface area contributed by atoms with Crippen molar-refractivity contribution in [1.82, 2.24) is 24.6 Å². The molecule has 0 unspecified atom stereocenters. The number of furan rings is 1. The van der Waals surface area contributed by atoms with Crippen molar-refractivity contribution in [3.8, 4) is 11.4 Å². The Labute approximate surface area is 198 Å². The second kappa shape index (κ2) is 9.97. The number of hydrogen-bond donors (Lipinski definition) is 1. The lowest BCUT2D eigenvalue weighted by Gasteiger charge is -2.16. The van der Waals surface area contributed by atoms with Gasteiger partial charge in [-0.2, -0.15) is 5.10 Å². The van der Waals surface area contributed by atoms with Gasteiger partial charge in [-0.25, -0.2) is 4.68 Å². The van der Waals surface area contributed by atoms with Gasteiger partial charge in [0.2, 0.25) is 0 Å². The van der Waals surface area contributed by atoms with Crippen molar-refractivity contribution in [2.24, 2.45) is 0 Å². The molecule has 4 rings (SSSR count). The minimum Gasteiger partial charge on any atom is -0.469 e. The summed E-state index contributed by atoms with van der Waals surface area (Å²) in [7, 11) is 3.65. The second-order valence-electron chi connectivity index (χ2n) is 8.00. The number of hydrogen-bond acceptors (Lipinski definition) is 5. The van der Waals surface area contributed by atoms with Gasteiger partial charge in [0.05, 0.1) is 25.0 Å². The van der Waals surface area contributed by atoms with Crippen LogP contribution in [0.4, 0.5) is 0 Å². The number of carbonyl (C=O) groups is 1. The SMILES string of the molecule is CNC(=O)c1ccc(CN(C)Cn2nc(-c3ccoc3C)n(Cc3ccccc3)c2=S)cc1. The molecule has 0 bridgehead atoms. The van der Waals surface area contributed by atoms with E-state index in [0.717, 1.165) is 28.3 Å². The molecule has 0 spiro atoms. The molecule has 0 aliphatic rings. The molecule has 4 aromatic rings. The number of carbonyl (C=O) groups excluding carboxylic acids is 1. The van der Waals surface area contributed by atoms with Crippen molar-refractivity contribution < 1.29 is 9.21 Å². The van der Waals surface area contributed by atoms with E-state index in [1.165, 1.54) is 0 Å². The molecule has 0 saturated carbocycles. The van der Waals surface area contributed by atoms with E-state index in [0.29, 0.717) is 30.1 Å². The standard InChI is InChI=1S/C25H27N5O2S/c1-18-22(13-14-32-18)23-27-30(25(33)29(23)16-19-7-5-4-6-8-19)17-28(3)15-20-9-11-21(12-10-20)24(31)26-2/h4-14H,15-17H2,1-3H3,(H,26,31). The summed E-state index contributed by atoms with van der Waals surface area (Å²) in [5.74, 6) is 1.51. The van der Waals surface area contributed by atoms with E-state index >= 15 is 0 Å². The Kier molecular flexibility index (Phi) is 6.86. The molecule has 2 aromatic carbocycles. The lowest BCUT2D eigenvalue weighted by Crippen LogP contribution is -2.23. The fourth-order valence-electron chi connectivity index (χ4n) is 3.75. The fourth-order valence-corrected chi connectivity index (χ4v) is 4.00. The summed E-state index contributed by atoms with van der Waals surface area (Å²) < 4.78 is 10.1. The van der Waals surface area contributed by atoms with Gasteiger partial charge in [-0.15, -0.1) is 0 Å². The number of amides is 1. The van der Waals surface area contributed by atoms with Gasteiger partial charge in [0.15, 0.2) is 10.6 Å². The summed E-state index contributed by atoms with van der Waals surface area (Å²) in [5.41, 5.74) is 3.83. The van der Waals surface area contributed by atoms with Crippen LogP contribution in [0.25, 0.3) is 11.4 Å². The average Bonchev–Trinajstić information content (AvgIpc) is 3.37. The van der Waals surface area contributed by atoms with Crippen LogP contribution in [0.2, 0.25) is 0 Å². The van der Waals surface area contributed by atoms with Crippen LogP contribution in [0.5, 0.6) is 0 Å². The van der Waals surface area contributed by atoms with Crippen LogP contribution < -0.4 is 5.32 Å². The van der Waals surface area contributed by atoms with Gasteiger partial charge in [0.1, 0.15) is 5.76 Å². The zero-order chi connectivity index (χ0) is 23.4. The second-order valence-corrected chi connectivity index (χ2v) is 8.36. The molecule has 7 nitrogen and oxygen atoms in total. The molecule has 0 atom stereocenters. The third-order valence-corrected chi connectivity index (χ3v) is 5.91. The molecular formula is C25H27N5O2S. The van der Waals surface area contributed by atoms with Crippen LogP contribution in [0.3, 0.4) is 0 Å². The maximum absolute atomic E-state index is 11.8. The number of benzene rings is 2. The number of nitrogens with one attached hydrogen (secondary N) is 1. The molecule has 2 aromatic heterocycles. The van der Waals surface area contributed by atoms with Gasteiger partial charge in [-0.1, -0.05) is 42.5 Å². The third kappa shape index (κ3) is 5.13. The van der Waals surface area contributed by atoms with E-state index in [2.05, 4.69) is 26.9 Å². The first kappa shape index (κ1) is 22.7. The Hall–Kier alpha value is -3.49. The summed E-state index contributed by atoms with van der Waals surface area (Å²) in [5, 5.41) is 7.50. The first-order valence-corrected chi connectivity index (χ1v) is 11.1. The summed E-state index contributed by atoms with van der Waals surface area (Å²) in [6.07, 6.45) is 1.67. The molecule has 1 N–H and O–H groups in total. The number of nitrogens with zero attached hydrogens (tertiary/aromatic N) is 4. The largest absolute Gasteiger partial charge is 0.469 e. The van der Waals surface area contributed by atoms with Crippen molar-refractivity contribution in [2.75, 3.05) is 14.1 Å². The highest BCUT2D eigenvalue weighted by molar-refractivity contribution is 7.71. The molecule has 0 radical (unpaired) electrons. The Balaban J connectivity index is 1.58. The number of rotatable bonds is 8. The van der Waals surface area contributed by atoms with E-state index in [4.69, 9.17) is 21.7 Å². The van der Waals surface area contributed by atoms with Crippen molar-refractivity contribution in [3.05, 3.63) is 94.1 Å². The lowest BCUT2D eigenvalue weighted by molar-refractivity contribution is 0.0963. The van der Waals surface area contributed by atoms with Crippen molar-refractivity contribution in [2.45, 2.75) is 26.7 Å². The van der Waals surface area contributed by atoms with Gasteiger partial charge in [0, 0.05) is 19.2 Å². The van der Waals surface area contributed by atoms with E-state index in [-0.39, 0.29) is 5.91 Å². The zero-order valence-corrected chi connectivity index (χ0v) is 19.8. The maximum atomic E-state index is 11.8. The molecule has 0 fully saturated rings. The first-order valence-electron chi connectivity index (χ1n) is 10.7. The number of aryl methyl sites for hydroxylation is 1. The molecule has 0 aliphatic carbocycles. The van der Waals surface area contributed by atoms with Gasteiger partial charge in [-0.05, 0) is 55.5 Å². The predicted octanol–water partition coefficient (Wildman–Crippen LogP) is 4.48. The summed E-state index contributed by atoms with van der Waals surface area (Å²) in [6.45, 7) is 3.78. The highest BCUT2D eigenvalue weighted by Crippen LogP contribution is 2.24. The summed E-state index contributed by atoms with van der Waals surface area (Å²) in [4.78, 5) is 13.9. The van der Waals surface area contributed by atoms with Crippen molar-refractivity contribution >= 4 is 18.1 Å². The van der Waals surface area contributed by atoms with Gasteiger partial charge in [-0.3, -0.25) is 14.3 Å². The Morgan fingerprint density at radius 3 is 2.45 bits per heavy atom. The topological polar surface area (TPSA) is 68.2 Å². The molecule has 2 heterocycles. The number of aromatic nitrogens is 3. The van der Waals surface area contributed by atoms with Crippen LogP contribution in [0.1, 0.15) is 27.2 Å². The van der Waals surface area contributed by atoms with E-state index in [9.17, 15) is 4.79 Å². The van der Waals surface area contributed by atoms with Gasteiger partial charge < -0.3 is 9.73 Å². The zero-order valence-electron chi connectivity index (χ0n) is 19.0. The molecule has 1 amide bonds. The molecule has 170 valence electrons. The molecule has 0 aliphatic heterocycles. The van der Waals surface area contributed by atoms with Crippen LogP contribution in [0.15, 0.2) is 71.3 Å². The van der Waals surface area contributed by atoms with Gasteiger partial charge >= 0.3 is 0 Å². The Morgan fingerprint density at radius 1 is 1.09 bits per heavy atom. The minimum atomic E-state index is -0.0905. The molecular weight excluding hydrogens is 434 g/mol. The van der Waals surface area contributed by atoms with Crippen LogP contribution in [0, 0.1) is 11.7 Å². The van der Waals surface area contributed by atoms with Crippen LogP contribution >= 0.6 is 12.2 Å². The maximum Gasteiger partial charge on any atom is 0.251 e. The highest BCUT2D eigenvalue weighted by Gasteiger charge is 2.17. The third-order valence-electron chi connectivity index (χ3n) is 5.48. The average molecular weight is 462 g/mol. The fraction of sp³-hybridized carbons (Fsp3) is 0.240. The van der Waals surface area contributed by atoms with E-state index in [1.54, 1.807) is 13.3 Å². The smallest absolute Gasteiger partial charge is 0.251 e. The molecule has 33 heavy (non-hydrogen) atoms. The lowest BCUT2D eigenvalue weighted by atomic mass is 10.1. The molecule has 8 heteroatoms. The van der Waals surface area contributed by atoms with Crippen LogP contribution in [-0.4, -0.2) is 39.3 Å². The Bertz CT molecular complexity index is 1290. The minimum absolute atomic E-state index is 0.0905. The predicted molar refractivity (Wildman–Crippen MR) is 130 cm³/mol. The van der Waals surface area contributed by atoms with Gasteiger partial charge in [0.25, 0.3) is 5.91 Å². The summed E-state index contributed by atoms with van der Waals surface area (Å²) >= 11 is 5.83. The highest BCUT2D eigenvalue weighted by atomic mass is 32.1. The molecule has 0 saturated heterocycles. The Morgan fingerprint density at radius 2 is 1.82 bits per heavy atom. The van der Waals surface area contributed by atoms with E-state index in [1.807, 2.05) is 67.2 Å². The summed E-state index contributed by atoms with van der Waals surface area (Å²) in [6, 6.07) is 19.7. The van der Waals surface area contributed by atoms with Crippen molar-refractivity contribution in [1.29, 1.82) is 0 Å². The normalized spacial score (nSPS) is 11.2. The monoisotopic (exact) mass is 461 g/mol. The van der Waals surface area contributed by atoms with Crippen molar-refractivity contribution in [3.63, 3.8) is 0 Å². The van der Waals surface area contributed by atoms with Crippen LogP contribution in [-0.2, 0) is 19.8 Å². The first-order chi connectivity index (χ1) is 16.0. The van der Waals surface area contributed by atoms with E-state index < -0.39 is 0 Å².